The Balaban J connectivity index is 1.68. The van der Waals surface area contributed by atoms with Gasteiger partial charge in [-0.2, -0.15) is 18.3 Å². The number of H-pyrrole nitrogens is 1. The highest BCUT2D eigenvalue weighted by molar-refractivity contribution is 9.10. The highest BCUT2D eigenvalue weighted by Gasteiger charge is 2.47. The molecule has 28 heavy (non-hydrogen) atoms. The van der Waals surface area contributed by atoms with E-state index < -0.39 is 23.1 Å². The molecule has 4 heterocycles. The van der Waals surface area contributed by atoms with Gasteiger partial charge in [-0.15, -0.1) is 0 Å². The highest BCUT2D eigenvalue weighted by Crippen LogP contribution is 2.43. The highest BCUT2D eigenvalue weighted by atomic mass is 79.9. The molecular formula is C16H17BrF3N7O. The molecule has 150 valence electrons. The second-order valence-electron chi connectivity index (χ2n) is 6.83. The molecule has 1 aliphatic rings. The average molecular weight is 460 g/mol. The average Bonchev–Trinajstić information content (AvgIpc) is 3.34. The molecule has 0 saturated carbocycles. The predicted octanol–water partition coefficient (Wildman–Crippen LogP) is 2.98. The van der Waals surface area contributed by atoms with Crippen molar-refractivity contribution < 1.29 is 18.0 Å². The minimum atomic E-state index is -4.45. The van der Waals surface area contributed by atoms with Gasteiger partial charge in [0.2, 0.25) is 0 Å². The molecule has 1 unspecified atom stereocenters. The molecule has 3 aromatic heterocycles. The maximum Gasteiger partial charge on any atom is 0.405 e. The van der Waals surface area contributed by atoms with Crippen LogP contribution in [0.15, 0.2) is 18.7 Å². The molecule has 2 amide bonds. The third-order valence-electron chi connectivity index (χ3n) is 5.11. The molecule has 1 saturated heterocycles. The van der Waals surface area contributed by atoms with Gasteiger partial charge in [-0.05, 0) is 6.42 Å². The minimum absolute atomic E-state index is 0.223. The second kappa shape index (κ2) is 6.61. The lowest BCUT2D eigenvalue weighted by Crippen LogP contribution is -2.43. The summed E-state index contributed by atoms with van der Waals surface area (Å²) in [6, 6.07) is -0.962. The zero-order chi connectivity index (χ0) is 20.1. The van der Waals surface area contributed by atoms with Gasteiger partial charge >= 0.3 is 12.2 Å². The molecule has 0 radical (unpaired) electrons. The Kier molecular flexibility index (Phi) is 4.47. The number of aromatic amines is 1. The number of carbonyl (C=O) groups is 1. The summed E-state index contributed by atoms with van der Waals surface area (Å²) in [7, 11) is 0. The molecule has 0 spiro atoms. The van der Waals surface area contributed by atoms with Crippen LogP contribution in [0.3, 0.4) is 0 Å². The first-order valence-electron chi connectivity index (χ1n) is 8.65. The van der Waals surface area contributed by atoms with Gasteiger partial charge in [0.1, 0.15) is 12.1 Å². The first-order chi connectivity index (χ1) is 13.2. The Labute approximate surface area is 165 Å². The second-order valence-corrected chi connectivity index (χ2v) is 8.41. The van der Waals surface area contributed by atoms with Crippen LogP contribution >= 0.6 is 15.9 Å². The number of imidazole rings is 1. The number of pyridine rings is 1. The van der Waals surface area contributed by atoms with E-state index in [9.17, 15) is 18.0 Å². The molecular weight excluding hydrogens is 443 g/mol. The van der Waals surface area contributed by atoms with Gasteiger partial charge in [0, 0.05) is 13.1 Å². The van der Waals surface area contributed by atoms with Gasteiger partial charge in [-0.1, -0.05) is 22.9 Å². The number of fused-ring (bicyclic) bond motifs is 3. The summed E-state index contributed by atoms with van der Waals surface area (Å²) in [5.74, 6) is 0. The van der Waals surface area contributed by atoms with Gasteiger partial charge in [0.05, 0.1) is 40.0 Å². The fourth-order valence-electron chi connectivity index (χ4n) is 3.65. The normalized spacial score (nSPS) is 23.0. The number of likely N-dealkylation sites (tertiary alicyclic amines) is 1. The van der Waals surface area contributed by atoms with E-state index in [0.717, 1.165) is 10.9 Å². The fraction of sp³-hybridized carbons (Fsp3) is 0.500. The van der Waals surface area contributed by atoms with Crippen LogP contribution in [0, 0.1) is 0 Å². The summed E-state index contributed by atoms with van der Waals surface area (Å²) in [6.45, 7) is 1.13. The lowest BCUT2D eigenvalue weighted by Gasteiger charge is -2.28. The van der Waals surface area contributed by atoms with Crippen molar-refractivity contribution in [2.24, 2.45) is 0 Å². The number of rotatable bonds is 3. The van der Waals surface area contributed by atoms with E-state index in [1.54, 1.807) is 18.7 Å². The van der Waals surface area contributed by atoms with Crippen LogP contribution in [0.5, 0.6) is 0 Å². The molecule has 0 aromatic carbocycles. The summed E-state index contributed by atoms with van der Waals surface area (Å²) < 4.78 is 38.8. The molecule has 2 N–H and O–H groups in total. The van der Waals surface area contributed by atoms with Gasteiger partial charge in [0.25, 0.3) is 0 Å². The molecule has 12 heteroatoms. The van der Waals surface area contributed by atoms with Crippen molar-refractivity contribution in [2.45, 2.75) is 29.9 Å². The lowest BCUT2D eigenvalue weighted by atomic mass is 10.00. The van der Waals surface area contributed by atoms with Gasteiger partial charge < -0.3 is 14.8 Å². The topological polar surface area (TPSA) is 91.7 Å². The zero-order valence-corrected chi connectivity index (χ0v) is 16.4. The number of halogens is 4. The van der Waals surface area contributed by atoms with Crippen LogP contribution in [0.25, 0.3) is 22.1 Å². The molecule has 0 aliphatic carbocycles. The number of nitrogens with zero attached hydrogens (tertiary/aromatic N) is 5. The minimum Gasteiger partial charge on any atom is -0.329 e. The first kappa shape index (κ1) is 19.0. The van der Waals surface area contributed by atoms with E-state index in [4.69, 9.17) is 0 Å². The van der Waals surface area contributed by atoms with Gasteiger partial charge in [0.15, 0.2) is 5.65 Å². The number of hydrogen-bond acceptors (Lipinski definition) is 4. The number of urea groups is 1. The van der Waals surface area contributed by atoms with Gasteiger partial charge in [-0.25, -0.2) is 14.8 Å². The Morgan fingerprint density at radius 3 is 2.93 bits per heavy atom. The van der Waals surface area contributed by atoms with E-state index in [0.29, 0.717) is 17.6 Å². The maximum atomic E-state index is 12.4. The standard InChI is InChI=1S/C16H17BrF3N7O/c1-2-15(17)7-26(14(28)22-6-16(18,19)20)5-11(15)27-8-23-10-4-21-13-9(12(10)27)3-24-25-13/h3-4,8,11H,2,5-7H2,1H3,(H,22,28)(H,21,24,25)/t11?,15-/m1/s1. The third kappa shape index (κ3) is 3.19. The number of alkyl halides is 4. The van der Waals surface area contributed by atoms with Crippen LogP contribution < -0.4 is 5.32 Å². The Morgan fingerprint density at radius 2 is 2.21 bits per heavy atom. The summed E-state index contributed by atoms with van der Waals surface area (Å²) in [5, 5.41) is 9.58. The number of carbonyl (C=O) groups excluding carboxylic acids is 1. The van der Waals surface area contributed by atoms with Crippen molar-refractivity contribution in [2.75, 3.05) is 19.6 Å². The van der Waals surface area contributed by atoms with Crippen LogP contribution in [-0.2, 0) is 0 Å². The molecule has 0 bridgehead atoms. The van der Waals surface area contributed by atoms with Crippen LogP contribution in [0.2, 0.25) is 0 Å². The number of nitrogens with one attached hydrogen (secondary N) is 2. The first-order valence-corrected chi connectivity index (χ1v) is 9.44. The number of aromatic nitrogens is 5. The Bertz CT molecular complexity index is 1030. The Morgan fingerprint density at radius 1 is 1.43 bits per heavy atom. The van der Waals surface area contributed by atoms with E-state index in [1.165, 1.54) is 4.90 Å². The molecule has 2 atom stereocenters. The van der Waals surface area contributed by atoms with Crippen LogP contribution in [0.1, 0.15) is 19.4 Å². The van der Waals surface area contributed by atoms with Crippen molar-refractivity contribution in [3.05, 3.63) is 18.7 Å². The van der Waals surface area contributed by atoms with E-state index in [1.807, 2.05) is 16.8 Å². The number of hydrogen-bond donors (Lipinski definition) is 2. The third-order valence-corrected chi connectivity index (χ3v) is 6.45. The lowest BCUT2D eigenvalue weighted by molar-refractivity contribution is -0.123. The van der Waals surface area contributed by atoms with Crippen molar-refractivity contribution in [3.8, 4) is 0 Å². The summed E-state index contributed by atoms with van der Waals surface area (Å²) in [4.78, 5) is 22.4. The SMILES string of the molecule is CC[C@@]1(Br)CN(C(=O)NCC(F)(F)F)CC1n1cnc2cnc3[nH]ncc3c21. The zero-order valence-electron chi connectivity index (χ0n) is 14.8. The summed E-state index contributed by atoms with van der Waals surface area (Å²) in [6.07, 6.45) is 1.18. The van der Waals surface area contributed by atoms with Gasteiger partial charge in [-0.3, -0.25) is 5.10 Å². The van der Waals surface area contributed by atoms with Crippen molar-refractivity contribution in [1.82, 2.24) is 34.9 Å². The number of amides is 2. The summed E-state index contributed by atoms with van der Waals surface area (Å²) >= 11 is 3.74. The fourth-order valence-corrected chi connectivity index (χ4v) is 4.31. The van der Waals surface area contributed by atoms with E-state index in [2.05, 4.69) is 36.1 Å². The largest absolute Gasteiger partial charge is 0.405 e. The molecule has 3 aromatic rings. The molecule has 1 fully saturated rings. The smallest absolute Gasteiger partial charge is 0.329 e. The molecule has 4 rings (SSSR count). The van der Waals surface area contributed by atoms with E-state index >= 15 is 0 Å². The quantitative estimate of drug-likeness (QED) is 0.588. The summed E-state index contributed by atoms with van der Waals surface area (Å²) in [5.41, 5.74) is 2.11. The molecule has 1 aliphatic heterocycles. The van der Waals surface area contributed by atoms with Crippen molar-refractivity contribution in [1.29, 1.82) is 0 Å². The van der Waals surface area contributed by atoms with E-state index in [-0.39, 0.29) is 19.1 Å². The Hall–Kier alpha value is -2.37. The monoisotopic (exact) mass is 459 g/mol. The van der Waals surface area contributed by atoms with Crippen LogP contribution in [-0.4, -0.2) is 65.8 Å². The van der Waals surface area contributed by atoms with Crippen molar-refractivity contribution >= 4 is 44.0 Å². The van der Waals surface area contributed by atoms with Crippen LogP contribution in [0.4, 0.5) is 18.0 Å². The predicted molar refractivity (Wildman–Crippen MR) is 99.2 cm³/mol. The maximum absolute atomic E-state index is 12.4. The van der Waals surface area contributed by atoms with Crippen molar-refractivity contribution in [3.63, 3.8) is 0 Å². The molecule has 8 nitrogen and oxygen atoms in total.